The van der Waals surface area contributed by atoms with Crippen LogP contribution in [0.5, 0.6) is 0 Å². The van der Waals surface area contributed by atoms with Crippen LogP contribution in [0.4, 0.5) is 5.82 Å². The number of piperidine rings is 1. The Labute approximate surface area is 164 Å². The average Bonchev–Trinajstić information content (AvgIpc) is 3.41. The number of hydrogen-bond donors (Lipinski definition) is 0. The van der Waals surface area contributed by atoms with Crippen LogP contribution in [-0.4, -0.2) is 48.6 Å². The molecule has 142 valence electrons. The minimum Gasteiger partial charge on any atom is -0.369 e. The van der Waals surface area contributed by atoms with E-state index in [9.17, 15) is 4.79 Å². The van der Waals surface area contributed by atoms with Crippen molar-refractivity contribution in [3.8, 4) is 0 Å². The van der Waals surface area contributed by atoms with E-state index in [0.717, 1.165) is 76.3 Å². The molecule has 2 saturated heterocycles. The highest BCUT2D eigenvalue weighted by Gasteiger charge is 2.42. The summed E-state index contributed by atoms with van der Waals surface area (Å²) >= 11 is 1.83. The molecule has 0 radical (unpaired) electrons. The molecule has 6 heteroatoms. The Hall–Kier alpha value is -1.92. The summed E-state index contributed by atoms with van der Waals surface area (Å²) in [6, 6.07) is 6.06. The van der Waals surface area contributed by atoms with E-state index in [1.165, 1.54) is 10.4 Å². The van der Waals surface area contributed by atoms with Crippen molar-refractivity contribution in [2.75, 3.05) is 37.7 Å². The van der Waals surface area contributed by atoms with E-state index < -0.39 is 0 Å². The van der Waals surface area contributed by atoms with E-state index in [0.29, 0.717) is 0 Å². The molecule has 0 unspecified atom stereocenters. The van der Waals surface area contributed by atoms with Gasteiger partial charge in [-0.15, -0.1) is 11.3 Å². The predicted molar refractivity (Wildman–Crippen MR) is 106 cm³/mol. The monoisotopic (exact) mass is 383 g/mol. The lowest BCUT2D eigenvalue weighted by atomic mass is 9.85. The van der Waals surface area contributed by atoms with Crippen molar-refractivity contribution in [1.82, 2.24) is 9.88 Å². The first-order chi connectivity index (χ1) is 13.3. The maximum Gasteiger partial charge on any atom is 0.257 e. The zero-order valence-corrected chi connectivity index (χ0v) is 16.3. The van der Waals surface area contributed by atoms with E-state index in [-0.39, 0.29) is 11.5 Å². The third-order valence-electron chi connectivity index (χ3n) is 6.19. The number of carbonyl (C=O) groups is 1. The van der Waals surface area contributed by atoms with Crippen molar-refractivity contribution in [1.29, 1.82) is 0 Å². The molecule has 5 nitrogen and oxygen atoms in total. The van der Waals surface area contributed by atoms with Gasteiger partial charge in [-0.3, -0.25) is 4.79 Å². The number of ether oxygens (including phenoxy) is 1. The first-order valence-electron chi connectivity index (χ1n) is 9.97. The predicted octanol–water partition coefficient (Wildman–Crippen LogP) is 3.45. The van der Waals surface area contributed by atoms with Crippen LogP contribution in [0.3, 0.4) is 0 Å². The van der Waals surface area contributed by atoms with Crippen molar-refractivity contribution in [3.05, 3.63) is 45.8 Å². The molecule has 0 N–H and O–H groups in total. The highest BCUT2D eigenvalue weighted by Crippen LogP contribution is 2.44. The maximum atomic E-state index is 13.0. The zero-order valence-electron chi connectivity index (χ0n) is 15.5. The van der Waals surface area contributed by atoms with Gasteiger partial charge in [-0.1, -0.05) is 0 Å². The maximum absolute atomic E-state index is 13.0. The summed E-state index contributed by atoms with van der Waals surface area (Å²) in [6.07, 6.45) is 6.94. The van der Waals surface area contributed by atoms with Crippen LogP contribution < -0.4 is 4.90 Å². The number of aromatic nitrogens is 1. The molecule has 3 aliphatic rings. The Morgan fingerprint density at radius 3 is 2.78 bits per heavy atom. The zero-order chi connectivity index (χ0) is 18.3. The molecule has 2 aromatic heterocycles. The minimum atomic E-state index is -0.133. The normalized spacial score (nSPS) is 21.5. The van der Waals surface area contributed by atoms with Gasteiger partial charge in [0.2, 0.25) is 0 Å². The van der Waals surface area contributed by atoms with Crippen LogP contribution >= 0.6 is 11.3 Å². The quantitative estimate of drug-likeness (QED) is 0.797. The fourth-order valence-corrected chi connectivity index (χ4v) is 5.88. The molecular formula is C21H25N3O2S. The fraction of sp³-hybridized carbons (Fsp3) is 0.524. The van der Waals surface area contributed by atoms with Crippen molar-refractivity contribution in [2.24, 2.45) is 0 Å². The number of amides is 1. The molecule has 3 aliphatic heterocycles. The largest absolute Gasteiger partial charge is 0.369 e. The Bertz CT molecular complexity index is 835. The van der Waals surface area contributed by atoms with Gasteiger partial charge < -0.3 is 14.5 Å². The van der Waals surface area contributed by atoms with E-state index >= 15 is 0 Å². The second-order valence-electron chi connectivity index (χ2n) is 7.73. The van der Waals surface area contributed by atoms with Crippen molar-refractivity contribution in [3.63, 3.8) is 0 Å². The third-order valence-corrected chi connectivity index (χ3v) is 7.33. The fourth-order valence-electron chi connectivity index (χ4n) is 4.71. The smallest absolute Gasteiger partial charge is 0.257 e. The summed E-state index contributed by atoms with van der Waals surface area (Å²) in [5.74, 6) is 0.969. The lowest BCUT2D eigenvalue weighted by Gasteiger charge is -2.44. The molecule has 0 saturated carbocycles. The van der Waals surface area contributed by atoms with Gasteiger partial charge in [0.05, 0.1) is 12.2 Å². The number of fused-ring (bicyclic) bond motifs is 2. The number of anilines is 1. The molecule has 5 rings (SSSR count). The summed E-state index contributed by atoms with van der Waals surface area (Å²) in [4.78, 5) is 23.2. The molecule has 0 aliphatic carbocycles. The Morgan fingerprint density at radius 1 is 1.15 bits per heavy atom. The average molecular weight is 384 g/mol. The van der Waals surface area contributed by atoms with E-state index in [1.807, 2.05) is 28.4 Å². The van der Waals surface area contributed by atoms with Gasteiger partial charge >= 0.3 is 0 Å². The third kappa shape index (κ3) is 2.95. The molecule has 0 bridgehead atoms. The van der Waals surface area contributed by atoms with Gasteiger partial charge in [0, 0.05) is 37.3 Å². The molecule has 2 fully saturated rings. The molecule has 2 aromatic rings. The summed E-state index contributed by atoms with van der Waals surface area (Å²) in [5.41, 5.74) is 2.07. The van der Waals surface area contributed by atoms with Gasteiger partial charge in [-0.25, -0.2) is 4.98 Å². The van der Waals surface area contributed by atoms with Crippen LogP contribution in [0, 0.1) is 0 Å². The van der Waals surface area contributed by atoms with Gasteiger partial charge in [0.15, 0.2) is 0 Å². The number of hydrogen-bond acceptors (Lipinski definition) is 5. The van der Waals surface area contributed by atoms with Crippen LogP contribution in [0.1, 0.15) is 46.5 Å². The van der Waals surface area contributed by atoms with Crippen molar-refractivity contribution >= 4 is 23.1 Å². The molecule has 0 atom stereocenters. The van der Waals surface area contributed by atoms with E-state index in [2.05, 4.69) is 21.3 Å². The highest BCUT2D eigenvalue weighted by atomic mass is 32.1. The molecule has 27 heavy (non-hydrogen) atoms. The lowest BCUT2D eigenvalue weighted by molar-refractivity contribution is -0.0735. The highest BCUT2D eigenvalue weighted by molar-refractivity contribution is 7.10. The molecule has 0 aromatic carbocycles. The second-order valence-corrected chi connectivity index (χ2v) is 8.64. The van der Waals surface area contributed by atoms with Crippen LogP contribution in [0.2, 0.25) is 0 Å². The number of rotatable bonds is 2. The summed E-state index contributed by atoms with van der Waals surface area (Å²) in [7, 11) is 0. The Kier molecular flexibility index (Phi) is 4.40. The van der Waals surface area contributed by atoms with Gasteiger partial charge in [-0.05, 0) is 61.2 Å². The summed E-state index contributed by atoms with van der Waals surface area (Å²) in [5, 5.41) is 2.19. The lowest BCUT2D eigenvalue weighted by Crippen LogP contribution is -2.46. The van der Waals surface area contributed by atoms with Gasteiger partial charge in [0.25, 0.3) is 5.91 Å². The number of nitrogens with zero attached hydrogens (tertiary/aromatic N) is 3. The number of carbonyl (C=O) groups excluding carboxylic acids is 1. The molecule has 1 spiro atoms. The van der Waals surface area contributed by atoms with Crippen molar-refractivity contribution < 1.29 is 9.53 Å². The number of pyridine rings is 1. The van der Waals surface area contributed by atoms with Crippen molar-refractivity contribution in [2.45, 2.75) is 37.7 Å². The second kappa shape index (κ2) is 6.91. The summed E-state index contributed by atoms with van der Waals surface area (Å²) < 4.78 is 6.32. The van der Waals surface area contributed by atoms with Crippen LogP contribution in [0.15, 0.2) is 29.8 Å². The molecule has 1 amide bonds. The van der Waals surface area contributed by atoms with Gasteiger partial charge in [0.1, 0.15) is 11.4 Å². The first-order valence-corrected chi connectivity index (χ1v) is 10.8. The minimum absolute atomic E-state index is 0.130. The SMILES string of the molecule is O=C(c1cccnc1N1CCC2(CC1)OCCc1ccsc12)N1CCCC1. The molecule has 5 heterocycles. The van der Waals surface area contributed by atoms with Crippen LogP contribution in [-0.2, 0) is 16.8 Å². The molecular weight excluding hydrogens is 358 g/mol. The summed E-state index contributed by atoms with van der Waals surface area (Å²) in [6.45, 7) is 4.28. The van der Waals surface area contributed by atoms with E-state index in [4.69, 9.17) is 4.74 Å². The Balaban J connectivity index is 1.37. The topological polar surface area (TPSA) is 45.7 Å². The Morgan fingerprint density at radius 2 is 1.96 bits per heavy atom. The number of thiophene rings is 1. The first kappa shape index (κ1) is 17.2. The standard InChI is InChI=1S/C21H25N3O2S/c25-20(24-10-1-2-11-24)17-4-3-9-22-19(17)23-12-7-21(8-13-23)18-16(5-14-26-21)6-15-27-18/h3-4,6,9,15H,1-2,5,7-8,10-14H2. The van der Waals surface area contributed by atoms with Gasteiger partial charge in [-0.2, -0.15) is 0 Å². The number of likely N-dealkylation sites (tertiary alicyclic amines) is 1. The van der Waals surface area contributed by atoms with Crippen LogP contribution in [0.25, 0.3) is 0 Å². The van der Waals surface area contributed by atoms with E-state index in [1.54, 1.807) is 6.20 Å².